The first-order chi connectivity index (χ1) is 15.1. The molecule has 1 aromatic heterocycles. The van der Waals surface area contributed by atoms with Gasteiger partial charge in [0, 0.05) is 30.9 Å². The normalized spacial score (nSPS) is 17.8. The number of carbonyl (C=O) groups is 2. The highest BCUT2D eigenvalue weighted by molar-refractivity contribution is 6.46. The number of likely N-dealkylation sites (tertiary alicyclic amines) is 1. The van der Waals surface area contributed by atoms with Crippen molar-refractivity contribution >= 4 is 17.4 Å². The topological polar surface area (TPSA) is 95.5 Å². The van der Waals surface area contributed by atoms with Gasteiger partial charge in [-0.3, -0.25) is 9.59 Å². The first-order valence-corrected chi connectivity index (χ1v) is 10.1. The number of ketones is 1. The Morgan fingerprint density at radius 1 is 1.13 bits per heavy atom. The minimum absolute atomic E-state index is 0.0966. The average Bonchev–Trinajstić information content (AvgIpc) is 3.41. The van der Waals surface area contributed by atoms with E-state index in [1.165, 1.54) is 4.90 Å². The lowest BCUT2D eigenvalue weighted by Gasteiger charge is -2.25. The molecule has 31 heavy (non-hydrogen) atoms. The van der Waals surface area contributed by atoms with Crippen LogP contribution in [0.3, 0.4) is 0 Å². The van der Waals surface area contributed by atoms with Crippen LogP contribution in [0.4, 0.5) is 0 Å². The minimum Gasteiger partial charge on any atom is -0.507 e. The summed E-state index contributed by atoms with van der Waals surface area (Å²) in [5.74, 6) is 0.0228. The van der Waals surface area contributed by atoms with Crippen LogP contribution in [-0.2, 0) is 16.0 Å². The van der Waals surface area contributed by atoms with Gasteiger partial charge in [0.25, 0.3) is 11.7 Å². The van der Waals surface area contributed by atoms with Crippen molar-refractivity contribution in [3.05, 3.63) is 89.5 Å². The van der Waals surface area contributed by atoms with Gasteiger partial charge < -0.3 is 19.7 Å². The number of aromatic amines is 1. The molecule has 3 aromatic rings. The lowest BCUT2D eigenvalue weighted by atomic mass is 9.95. The summed E-state index contributed by atoms with van der Waals surface area (Å²) >= 11 is 0. The molecule has 158 valence electrons. The molecule has 1 saturated heterocycles. The monoisotopic (exact) mass is 417 g/mol. The van der Waals surface area contributed by atoms with Gasteiger partial charge in [0.1, 0.15) is 17.3 Å². The smallest absolute Gasteiger partial charge is 0.295 e. The Morgan fingerprint density at radius 3 is 2.52 bits per heavy atom. The number of Topliss-reactive ketones (excluding diaryl/α,β-unsaturated/α-hetero) is 1. The summed E-state index contributed by atoms with van der Waals surface area (Å²) in [6.07, 6.45) is 4.69. The molecule has 7 heteroatoms. The fraction of sp³-hybridized carbons (Fsp3) is 0.208. The van der Waals surface area contributed by atoms with Crippen molar-refractivity contribution in [2.45, 2.75) is 18.9 Å². The van der Waals surface area contributed by atoms with Gasteiger partial charge in [0.05, 0.1) is 18.7 Å². The number of hydrogen-bond donors (Lipinski definition) is 2. The van der Waals surface area contributed by atoms with Gasteiger partial charge in [-0.15, -0.1) is 0 Å². The van der Waals surface area contributed by atoms with Crippen LogP contribution >= 0.6 is 0 Å². The molecule has 4 rings (SSSR count). The van der Waals surface area contributed by atoms with E-state index in [2.05, 4.69) is 9.97 Å². The summed E-state index contributed by atoms with van der Waals surface area (Å²) in [7, 11) is 1.57. The van der Waals surface area contributed by atoms with E-state index in [-0.39, 0.29) is 11.3 Å². The van der Waals surface area contributed by atoms with Gasteiger partial charge in [0.2, 0.25) is 0 Å². The van der Waals surface area contributed by atoms with E-state index in [1.807, 2.05) is 18.2 Å². The number of aromatic nitrogens is 2. The predicted molar refractivity (Wildman–Crippen MR) is 115 cm³/mol. The number of aryl methyl sites for hydroxylation is 1. The zero-order valence-electron chi connectivity index (χ0n) is 17.1. The Hall–Kier alpha value is -3.87. The molecule has 0 aliphatic carbocycles. The van der Waals surface area contributed by atoms with E-state index in [0.29, 0.717) is 30.7 Å². The highest BCUT2D eigenvalue weighted by Crippen LogP contribution is 2.39. The van der Waals surface area contributed by atoms with Crippen LogP contribution in [0, 0.1) is 0 Å². The molecule has 0 saturated carbocycles. The number of aliphatic hydroxyl groups excluding tert-OH is 1. The third-order valence-electron chi connectivity index (χ3n) is 5.39. The Morgan fingerprint density at radius 2 is 1.87 bits per heavy atom. The number of H-pyrrole nitrogens is 1. The number of aliphatic hydroxyl groups is 1. The number of nitrogens with one attached hydrogen (secondary N) is 1. The Balaban J connectivity index is 1.72. The van der Waals surface area contributed by atoms with Crippen LogP contribution in [0.2, 0.25) is 0 Å². The molecule has 1 atom stereocenters. The Labute approximate surface area is 180 Å². The summed E-state index contributed by atoms with van der Waals surface area (Å²) < 4.78 is 5.23. The van der Waals surface area contributed by atoms with E-state index in [1.54, 1.807) is 55.9 Å². The van der Waals surface area contributed by atoms with Gasteiger partial charge in [0.15, 0.2) is 0 Å². The molecule has 0 spiro atoms. The quantitative estimate of drug-likeness (QED) is 0.349. The SMILES string of the molecule is COc1ccc(C2/C(=C(\O)c3ccccc3)C(=O)C(=O)N2CCCc2ncc[nH]2)cc1. The number of hydrogen-bond acceptors (Lipinski definition) is 5. The Kier molecular flexibility index (Phi) is 5.84. The molecule has 2 N–H and O–H groups in total. The first kappa shape index (κ1) is 20.4. The molecule has 0 radical (unpaired) electrons. The highest BCUT2D eigenvalue weighted by atomic mass is 16.5. The van der Waals surface area contributed by atoms with Crippen molar-refractivity contribution in [3.8, 4) is 5.75 Å². The number of imidazole rings is 1. The van der Waals surface area contributed by atoms with Crippen molar-refractivity contribution in [2.75, 3.05) is 13.7 Å². The third kappa shape index (κ3) is 4.07. The largest absolute Gasteiger partial charge is 0.507 e. The zero-order chi connectivity index (χ0) is 21.8. The molecule has 1 amide bonds. The molecule has 1 unspecified atom stereocenters. The summed E-state index contributed by atoms with van der Waals surface area (Å²) in [4.78, 5) is 34.7. The minimum atomic E-state index is -0.680. The lowest BCUT2D eigenvalue weighted by molar-refractivity contribution is -0.139. The first-order valence-electron chi connectivity index (χ1n) is 10.1. The number of carbonyl (C=O) groups excluding carboxylic acids is 2. The lowest BCUT2D eigenvalue weighted by Crippen LogP contribution is -2.31. The van der Waals surface area contributed by atoms with Crippen LogP contribution in [0.5, 0.6) is 5.75 Å². The van der Waals surface area contributed by atoms with Gasteiger partial charge in [-0.05, 0) is 24.1 Å². The van der Waals surface area contributed by atoms with Crippen molar-refractivity contribution in [1.29, 1.82) is 0 Å². The van der Waals surface area contributed by atoms with Crippen LogP contribution in [0.15, 0.2) is 72.6 Å². The fourth-order valence-electron chi connectivity index (χ4n) is 3.85. The van der Waals surface area contributed by atoms with E-state index >= 15 is 0 Å². The standard InChI is InChI=1S/C24H23N3O4/c1-31-18-11-9-16(10-12-18)21-20(22(28)17-6-3-2-4-7-17)23(29)24(30)27(21)15-5-8-19-25-13-14-26-19/h2-4,6-7,9-14,21,28H,5,8,15H2,1H3,(H,25,26)/b22-20+. The van der Waals surface area contributed by atoms with Gasteiger partial charge in [-0.25, -0.2) is 4.98 Å². The molecule has 1 fully saturated rings. The van der Waals surface area contributed by atoms with Crippen LogP contribution in [-0.4, -0.2) is 45.3 Å². The zero-order valence-corrected chi connectivity index (χ0v) is 17.1. The van der Waals surface area contributed by atoms with Crippen molar-refractivity contribution < 1.29 is 19.4 Å². The molecule has 2 heterocycles. The number of nitrogens with zero attached hydrogens (tertiary/aromatic N) is 2. The maximum Gasteiger partial charge on any atom is 0.295 e. The Bertz CT molecular complexity index is 1090. The summed E-state index contributed by atoms with van der Waals surface area (Å²) in [5.41, 5.74) is 1.32. The van der Waals surface area contributed by atoms with Crippen molar-refractivity contribution in [2.24, 2.45) is 0 Å². The second-order valence-corrected chi connectivity index (χ2v) is 7.27. The number of rotatable bonds is 7. The number of benzene rings is 2. The van der Waals surface area contributed by atoms with E-state index in [0.717, 1.165) is 11.4 Å². The highest BCUT2D eigenvalue weighted by Gasteiger charge is 2.45. The predicted octanol–water partition coefficient (Wildman–Crippen LogP) is 3.47. The number of methoxy groups -OCH3 is 1. The van der Waals surface area contributed by atoms with Crippen LogP contribution in [0.1, 0.15) is 29.4 Å². The summed E-state index contributed by atoms with van der Waals surface area (Å²) in [6, 6.07) is 15.3. The second kappa shape index (κ2) is 8.87. The number of amides is 1. The molecule has 1 aliphatic heterocycles. The maximum atomic E-state index is 13.0. The van der Waals surface area contributed by atoms with E-state index in [9.17, 15) is 14.7 Å². The number of ether oxygens (including phenoxy) is 1. The van der Waals surface area contributed by atoms with Crippen LogP contribution in [0.25, 0.3) is 5.76 Å². The van der Waals surface area contributed by atoms with Crippen LogP contribution < -0.4 is 4.74 Å². The second-order valence-electron chi connectivity index (χ2n) is 7.27. The summed E-state index contributed by atoms with van der Waals surface area (Å²) in [5, 5.41) is 11.0. The summed E-state index contributed by atoms with van der Waals surface area (Å²) in [6.45, 7) is 0.355. The van der Waals surface area contributed by atoms with Gasteiger partial charge in [-0.1, -0.05) is 42.5 Å². The fourth-order valence-corrected chi connectivity index (χ4v) is 3.85. The molecule has 7 nitrogen and oxygen atoms in total. The average molecular weight is 417 g/mol. The molecule has 2 aromatic carbocycles. The van der Waals surface area contributed by atoms with Gasteiger partial charge >= 0.3 is 0 Å². The van der Waals surface area contributed by atoms with E-state index < -0.39 is 17.7 Å². The third-order valence-corrected chi connectivity index (χ3v) is 5.39. The molecule has 0 bridgehead atoms. The molecule has 1 aliphatic rings. The molecular weight excluding hydrogens is 394 g/mol. The van der Waals surface area contributed by atoms with Crippen molar-refractivity contribution in [3.63, 3.8) is 0 Å². The van der Waals surface area contributed by atoms with Gasteiger partial charge in [-0.2, -0.15) is 0 Å². The van der Waals surface area contributed by atoms with Crippen molar-refractivity contribution in [1.82, 2.24) is 14.9 Å². The molecular formula is C24H23N3O4. The van der Waals surface area contributed by atoms with E-state index in [4.69, 9.17) is 4.74 Å². The maximum absolute atomic E-state index is 13.0.